The Hall–Kier alpha value is -1.53. The van der Waals surface area contributed by atoms with Gasteiger partial charge in [0.2, 0.25) is 5.82 Å². The largest absolute Gasteiger partial charge is 0.314 e. The highest BCUT2D eigenvalue weighted by Crippen LogP contribution is 2.19. The van der Waals surface area contributed by atoms with Crippen LogP contribution in [-0.2, 0) is 6.54 Å². The maximum Gasteiger partial charge on any atom is 0.304 e. The summed E-state index contributed by atoms with van der Waals surface area (Å²) in [7, 11) is 1.96. The lowest BCUT2D eigenvalue weighted by Gasteiger charge is -2.35. The Kier molecular flexibility index (Phi) is 3.35. The van der Waals surface area contributed by atoms with Crippen molar-refractivity contribution in [1.82, 2.24) is 10.2 Å². The fourth-order valence-corrected chi connectivity index (χ4v) is 1.80. The fourth-order valence-electron chi connectivity index (χ4n) is 1.80. The number of hydrogen-bond acceptors (Lipinski definition) is 4. The molecule has 92 valence electrons. The molecule has 0 spiro atoms. The minimum atomic E-state index is -0.771. The zero-order valence-electron chi connectivity index (χ0n) is 9.52. The van der Waals surface area contributed by atoms with Gasteiger partial charge in [0.05, 0.1) is 4.92 Å². The van der Waals surface area contributed by atoms with Crippen molar-refractivity contribution in [3.8, 4) is 0 Å². The Morgan fingerprint density at radius 2 is 2.29 bits per heavy atom. The van der Waals surface area contributed by atoms with Crippen LogP contribution in [0.2, 0.25) is 0 Å². The first-order valence-electron chi connectivity index (χ1n) is 5.41. The second-order valence-electron chi connectivity index (χ2n) is 4.27. The molecular formula is C11H14FN3O2. The second-order valence-corrected chi connectivity index (χ2v) is 4.27. The first kappa shape index (κ1) is 11.9. The maximum absolute atomic E-state index is 13.4. The normalized spacial score (nSPS) is 15.9. The number of likely N-dealkylation sites (N-methyl/N-ethyl adjacent to an activating group) is 1. The van der Waals surface area contributed by atoms with Gasteiger partial charge in [-0.15, -0.1) is 0 Å². The van der Waals surface area contributed by atoms with Gasteiger partial charge in [-0.1, -0.05) is 6.07 Å². The summed E-state index contributed by atoms with van der Waals surface area (Å²) < 4.78 is 13.4. The van der Waals surface area contributed by atoms with Gasteiger partial charge in [0.15, 0.2) is 0 Å². The van der Waals surface area contributed by atoms with Gasteiger partial charge in [0.1, 0.15) is 0 Å². The number of benzene rings is 1. The number of nitro groups is 1. The number of rotatable bonds is 4. The molecule has 17 heavy (non-hydrogen) atoms. The summed E-state index contributed by atoms with van der Waals surface area (Å²) in [6.07, 6.45) is 0. The summed E-state index contributed by atoms with van der Waals surface area (Å²) in [5.74, 6) is -0.771. The fraction of sp³-hybridized carbons (Fsp3) is 0.455. The van der Waals surface area contributed by atoms with E-state index in [0.717, 1.165) is 18.7 Å². The molecule has 1 heterocycles. The summed E-state index contributed by atoms with van der Waals surface area (Å²) in [4.78, 5) is 11.9. The summed E-state index contributed by atoms with van der Waals surface area (Å²) in [5, 5.41) is 13.6. The maximum atomic E-state index is 13.4. The van der Waals surface area contributed by atoms with Crippen LogP contribution in [0.25, 0.3) is 0 Å². The van der Waals surface area contributed by atoms with E-state index in [0.29, 0.717) is 12.6 Å². The van der Waals surface area contributed by atoms with Gasteiger partial charge in [-0.3, -0.25) is 15.0 Å². The lowest BCUT2D eigenvalue weighted by atomic mass is 10.1. The number of nitrogens with zero attached hydrogens (tertiary/aromatic N) is 2. The zero-order valence-corrected chi connectivity index (χ0v) is 9.52. The molecule has 0 unspecified atom stereocenters. The monoisotopic (exact) mass is 239 g/mol. The highest BCUT2D eigenvalue weighted by molar-refractivity contribution is 5.35. The molecule has 0 aromatic heterocycles. The molecule has 1 aliphatic rings. The van der Waals surface area contributed by atoms with E-state index in [1.807, 2.05) is 7.05 Å². The van der Waals surface area contributed by atoms with Crippen molar-refractivity contribution in [1.29, 1.82) is 0 Å². The minimum Gasteiger partial charge on any atom is -0.314 e. The van der Waals surface area contributed by atoms with Crippen LogP contribution in [0.4, 0.5) is 10.1 Å². The SMILES string of the molecule is CN(Cc1ccc([N+](=O)[O-])c(F)c1)C1CNC1. The van der Waals surface area contributed by atoms with Crippen LogP contribution in [0.5, 0.6) is 0 Å². The van der Waals surface area contributed by atoms with Gasteiger partial charge in [-0.2, -0.15) is 4.39 Å². The molecule has 5 nitrogen and oxygen atoms in total. The van der Waals surface area contributed by atoms with Crippen molar-refractivity contribution in [2.45, 2.75) is 12.6 Å². The van der Waals surface area contributed by atoms with E-state index in [1.54, 1.807) is 6.07 Å². The quantitative estimate of drug-likeness (QED) is 0.632. The molecule has 0 amide bonds. The van der Waals surface area contributed by atoms with E-state index in [1.165, 1.54) is 12.1 Å². The predicted octanol–water partition coefficient (Wildman–Crippen LogP) is 1.14. The highest BCUT2D eigenvalue weighted by atomic mass is 19.1. The molecular weight excluding hydrogens is 225 g/mol. The molecule has 1 saturated heterocycles. The van der Waals surface area contributed by atoms with Gasteiger partial charge < -0.3 is 5.32 Å². The summed E-state index contributed by atoms with van der Waals surface area (Å²) in [5.41, 5.74) is 0.282. The molecule has 1 aromatic rings. The minimum absolute atomic E-state index is 0.466. The summed E-state index contributed by atoms with van der Waals surface area (Å²) in [6, 6.07) is 4.52. The zero-order chi connectivity index (χ0) is 12.4. The first-order chi connectivity index (χ1) is 8.08. The van der Waals surface area contributed by atoms with Crippen LogP contribution in [-0.4, -0.2) is 36.0 Å². The molecule has 1 aromatic carbocycles. The van der Waals surface area contributed by atoms with Crippen molar-refractivity contribution in [2.75, 3.05) is 20.1 Å². The van der Waals surface area contributed by atoms with Crippen LogP contribution in [0, 0.1) is 15.9 Å². The molecule has 0 bridgehead atoms. The molecule has 0 atom stereocenters. The molecule has 0 saturated carbocycles. The van der Waals surface area contributed by atoms with Gasteiger partial charge in [0, 0.05) is 31.7 Å². The molecule has 0 aliphatic carbocycles. The van der Waals surface area contributed by atoms with E-state index < -0.39 is 16.4 Å². The van der Waals surface area contributed by atoms with Crippen molar-refractivity contribution < 1.29 is 9.31 Å². The highest BCUT2D eigenvalue weighted by Gasteiger charge is 2.22. The lowest BCUT2D eigenvalue weighted by molar-refractivity contribution is -0.387. The standard InChI is InChI=1S/C11H14FN3O2/c1-14(9-5-13-6-9)7-8-2-3-11(15(16)17)10(12)4-8/h2-4,9,13H,5-7H2,1H3. The topological polar surface area (TPSA) is 58.4 Å². The van der Waals surface area contributed by atoms with Gasteiger partial charge in [0.25, 0.3) is 0 Å². The van der Waals surface area contributed by atoms with E-state index in [2.05, 4.69) is 10.2 Å². The molecule has 1 N–H and O–H groups in total. The number of halogens is 1. The third kappa shape index (κ3) is 2.59. The van der Waals surface area contributed by atoms with Crippen molar-refractivity contribution in [3.05, 3.63) is 39.7 Å². The van der Waals surface area contributed by atoms with Gasteiger partial charge >= 0.3 is 5.69 Å². The predicted molar refractivity (Wildman–Crippen MR) is 61.2 cm³/mol. The summed E-state index contributed by atoms with van der Waals surface area (Å²) in [6.45, 7) is 2.47. The van der Waals surface area contributed by atoms with Crippen molar-refractivity contribution in [2.24, 2.45) is 0 Å². The molecule has 1 aliphatic heterocycles. The van der Waals surface area contributed by atoms with Crippen LogP contribution < -0.4 is 5.32 Å². The van der Waals surface area contributed by atoms with Gasteiger partial charge in [-0.25, -0.2) is 0 Å². The Morgan fingerprint density at radius 3 is 2.76 bits per heavy atom. The average molecular weight is 239 g/mol. The third-order valence-corrected chi connectivity index (χ3v) is 3.02. The number of nitrogens with one attached hydrogen (secondary N) is 1. The number of hydrogen-bond donors (Lipinski definition) is 1. The third-order valence-electron chi connectivity index (χ3n) is 3.02. The lowest BCUT2D eigenvalue weighted by Crippen LogP contribution is -2.55. The summed E-state index contributed by atoms with van der Waals surface area (Å²) >= 11 is 0. The molecule has 6 heteroatoms. The van der Waals surface area contributed by atoms with E-state index in [4.69, 9.17) is 0 Å². The van der Waals surface area contributed by atoms with E-state index in [-0.39, 0.29) is 0 Å². The molecule has 2 rings (SSSR count). The van der Waals surface area contributed by atoms with Crippen molar-refractivity contribution >= 4 is 5.69 Å². The first-order valence-corrected chi connectivity index (χ1v) is 5.41. The molecule has 1 fully saturated rings. The van der Waals surface area contributed by atoms with Gasteiger partial charge in [-0.05, 0) is 18.7 Å². The van der Waals surface area contributed by atoms with E-state index in [9.17, 15) is 14.5 Å². The van der Waals surface area contributed by atoms with Crippen LogP contribution >= 0.6 is 0 Å². The van der Waals surface area contributed by atoms with Crippen LogP contribution in [0.1, 0.15) is 5.56 Å². The Labute approximate surface area is 98.4 Å². The number of nitro benzene ring substituents is 1. The smallest absolute Gasteiger partial charge is 0.304 e. The molecule has 0 radical (unpaired) electrons. The Balaban J connectivity index is 2.06. The van der Waals surface area contributed by atoms with Crippen LogP contribution in [0.3, 0.4) is 0 Å². The van der Waals surface area contributed by atoms with Crippen molar-refractivity contribution in [3.63, 3.8) is 0 Å². The average Bonchev–Trinajstić information content (AvgIpc) is 2.13. The Bertz CT molecular complexity index is 435. The second kappa shape index (κ2) is 4.77. The van der Waals surface area contributed by atoms with E-state index >= 15 is 0 Å². The Morgan fingerprint density at radius 1 is 1.59 bits per heavy atom. The van der Waals surface area contributed by atoms with Crippen LogP contribution in [0.15, 0.2) is 18.2 Å².